The van der Waals surface area contributed by atoms with Gasteiger partial charge in [0.2, 0.25) is 0 Å². The molecule has 0 aliphatic heterocycles. The van der Waals surface area contributed by atoms with E-state index in [1.54, 1.807) is 18.1 Å². The van der Waals surface area contributed by atoms with Crippen molar-refractivity contribution < 1.29 is 0 Å². The van der Waals surface area contributed by atoms with Gasteiger partial charge in [-0.3, -0.25) is 4.99 Å². The lowest BCUT2D eigenvalue weighted by Gasteiger charge is -2.18. The van der Waals surface area contributed by atoms with Crippen LogP contribution in [0.25, 0.3) is 5.69 Å². The van der Waals surface area contributed by atoms with Crippen LogP contribution in [-0.2, 0) is 6.54 Å². The van der Waals surface area contributed by atoms with Crippen LogP contribution in [0.4, 0.5) is 0 Å². The van der Waals surface area contributed by atoms with Crippen molar-refractivity contribution in [1.29, 1.82) is 0 Å². The van der Waals surface area contributed by atoms with Gasteiger partial charge in [-0.2, -0.15) is 5.10 Å². The quantitative estimate of drug-likeness (QED) is 0.556. The van der Waals surface area contributed by atoms with Crippen molar-refractivity contribution >= 4 is 5.96 Å². The second-order valence-corrected chi connectivity index (χ2v) is 5.71. The predicted octanol–water partition coefficient (Wildman–Crippen LogP) is 2.69. The Balaban J connectivity index is 1.56. The Morgan fingerprint density at radius 1 is 1.12 bits per heavy atom. The molecule has 25 heavy (non-hydrogen) atoms. The van der Waals surface area contributed by atoms with E-state index in [9.17, 15) is 0 Å². The molecule has 6 heteroatoms. The lowest BCUT2D eigenvalue weighted by atomic mass is 10.1. The van der Waals surface area contributed by atoms with E-state index in [0.29, 0.717) is 6.54 Å². The fraction of sp³-hybridized carbons (Fsp3) is 0.211. The molecule has 0 saturated carbocycles. The third kappa shape index (κ3) is 4.44. The van der Waals surface area contributed by atoms with Gasteiger partial charge in [-0.15, -0.1) is 0 Å². The first-order valence-corrected chi connectivity index (χ1v) is 8.22. The molecule has 0 spiro atoms. The van der Waals surface area contributed by atoms with E-state index < -0.39 is 0 Å². The Labute approximate surface area is 147 Å². The molecule has 0 bridgehead atoms. The zero-order valence-corrected chi connectivity index (χ0v) is 14.4. The van der Waals surface area contributed by atoms with E-state index >= 15 is 0 Å². The minimum Gasteiger partial charge on any atom is -0.352 e. The highest BCUT2D eigenvalue weighted by Gasteiger charge is 2.07. The topological polar surface area (TPSA) is 67.1 Å². The molecule has 2 aromatic carbocycles. The van der Waals surface area contributed by atoms with Gasteiger partial charge in [0.1, 0.15) is 12.7 Å². The lowest BCUT2D eigenvalue weighted by molar-refractivity contribution is 0.685. The molecule has 1 heterocycles. The van der Waals surface area contributed by atoms with Crippen LogP contribution in [0.15, 0.2) is 72.2 Å². The highest BCUT2D eigenvalue weighted by atomic mass is 15.3. The largest absolute Gasteiger partial charge is 0.352 e. The van der Waals surface area contributed by atoms with Crippen LogP contribution >= 0.6 is 0 Å². The molecule has 0 radical (unpaired) electrons. The van der Waals surface area contributed by atoms with Crippen LogP contribution < -0.4 is 10.6 Å². The normalized spacial score (nSPS) is 12.6. The predicted molar refractivity (Wildman–Crippen MR) is 99.6 cm³/mol. The number of aliphatic imine (C=N–C) groups is 1. The third-order valence-corrected chi connectivity index (χ3v) is 3.96. The van der Waals surface area contributed by atoms with Gasteiger partial charge in [0.15, 0.2) is 5.96 Å². The summed E-state index contributed by atoms with van der Waals surface area (Å²) in [6, 6.07) is 18.7. The summed E-state index contributed by atoms with van der Waals surface area (Å²) >= 11 is 0. The Morgan fingerprint density at radius 3 is 2.52 bits per heavy atom. The molecule has 0 aliphatic rings. The van der Waals surface area contributed by atoms with E-state index in [-0.39, 0.29) is 6.04 Å². The van der Waals surface area contributed by atoms with Crippen molar-refractivity contribution in [3.63, 3.8) is 0 Å². The fourth-order valence-electron chi connectivity index (χ4n) is 2.52. The Bertz CT molecular complexity index is 794. The first kappa shape index (κ1) is 16.7. The Morgan fingerprint density at radius 2 is 1.88 bits per heavy atom. The van der Waals surface area contributed by atoms with Crippen LogP contribution in [0.3, 0.4) is 0 Å². The zero-order valence-electron chi connectivity index (χ0n) is 14.4. The maximum atomic E-state index is 4.30. The number of guanidine groups is 1. The molecule has 128 valence electrons. The first-order valence-electron chi connectivity index (χ1n) is 8.22. The van der Waals surface area contributed by atoms with Crippen molar-refractivity contribution in [2.45, 2.75) is 19.5 Å². The summed E-state index contributed by atoms with van der Waals surface area (Å²) in [6.07, 6.45) is 3.21. The van der Waals surface area contributed by atoms with Crippen LogP contribution in [0.1, 0.15) is 24.1 Å². The number of hydrogen-bond acceptors (Lipinski definition) is 3. The minimum absolute atomic E-state index is 0.182. The summed E-state index contributed by atoms with van der Waals surface area (Å²) in [6.45, 7) is 2.81. The van der Waals surface area contributed by atoms with Crippen molar-refractivity contribution in [3.8, 4) is 5.69 Å². The van der Waals surface area contributed by atoms with E-state index in [1.165, 1.54) is 17.5 Å². The molecule has 0 saturated heterocycles. The van der Waals surface area contributed by atoms with Gasteiger partial charge in [0.05, 0.1) is 11.7 Å². The van der Waals surface area contributed by atoms with Crippen LogP contribution in [0.2, 0.25) is 0 Å². The smallest absolute Gasteiger partial charge is 0.191 e. The summed E-state index contributed by atoms with van der Waals surface area (Å²) in [5.74, 6) is 0.775. The molecule has 1 aromatic heterocycles. The van der Waals surface area contributed by atoms with Gasteiger partial charge in [0.25, 0.3) is 0 Å². The van der Waals surface area contributed by atoms with Crippen molar-refractivity contribution in [1.82, 2.24) is 25.4 Å². The molecule has 2 N–H and O–H groups in total. The van der Waals surface area contributed by atoms with E-state index in [1.807, 2.05) is 30.3 Å². The maximum absolute atomic E-state index is 4.30. The average Bonchev–Trinajstić information content (AvgIpc) is 3.21. The molecule has 3 rings (SSSR count). The van der Waals surface area contributed by atoms with Gasteiger partial charge < -0.3 is 10.6 Å². The zero-order chi connectivity index (χ0) is 17.5. The first-order chi connectivity index (χ1) is 12.3. The van der Waals surface area contributed by atoms with Crippen molar-refractivity contribution in [2.75, 3.05) is 7.05 Å². The van der Waals surface area contributed by atoms with Crippen molar-refractivity contribution in [3.05, 3.63) is 78.4 Å². The number of aromatic nitrogens is 3. The van der Waals surface area contributed by atoms with Crippen LogP contribution in [0.5, 0.6) is 0 Å². The minimum atomic E-state index is 0.182. The molecule has 3 aromatic rings. The van der Waals surface area contributed by atoms with Crippen LogP contribution in [-0.4, -0.2) is 27.8 Å². The molecular formula is C19H22N6. The van der Waals surface area contributed by atoms with Gasteiger partial charge in [-0.1, -0.05) is 42.5 Å². The summed E-state index contributed by atoms with van der Waals surface area (Å²) in [7, 11) is 1.78. The van der Waals surface area contributed by atoms with Gasteiger partial charge >= 0.3 is 0 Å². The maximum Gasteiger partial charge on any atom is 0.191 e. The number of rotatable bonds is 5. The van der Waals surface area contributed by atoms with E-state index in [4.69, 9.17) is 0 Å². The number of hydrogen-bond donors (Lipinski definition) is 2. The Hall–Kier alpha value is -3.15. The van der Waals surface area contributed by atoms with Crippen molar-refractivity contribution in [2.24, 2.45) is 4.99 Å². The number of nitrogens with one attached hydrogen (secondary N) is 2. The monoisotopic (exact) mass is 334 g/mol. The molecule has 0 amide bonds. The molecular weight excluding hydrogens is 312 g/mol. The van der Waals surface area contributed by atoms with Crippen LogP contribution in [0, 0.1) is 0 Å². The van der Waals surface area contributed by atoms with Gasteiger partial charge in [-0.05, 0) is 30.2 Å². The van der Waals surface area contributed by atoms with E-state index in [0.717, 1.165) is 11.6 Å². The number of nitrogens with zero attached hydrogens (tertiary/aromatic N) is 4. The fourth-order valence-corrected chi connectivity index (χ4v) is 2.52. The summed E-state index contributed by atoms with van der Waals surface area (Å²) in [5.41, 5.74) is 3.38. The third-order valence-electron chi connectivity index (χ3n) is 3.96. The summed E-state index contributed by atoms with van der Waals surface area (Å²) in [4.78, 5) is 8.26. The van der Waals surface area contributed by atoms with E-state index in [2.05, 4.69) is 56.9 Å². The second kappa shape index (κ2) is 8.10. The molecule has 6 nitrogen and oxygen atoms in total. The lowest BCUT2D eigenvalue weighted by Crippen LogP contribution is -2.38. The van der Waals surface area contributed by atoms with Gasteiger partial charge in [-0.25, -0.2) is 9.67 Å². The highest BCUT2D eigenvalue weighted by Crippen LogP contribution is 2.11. The highest BCUT2D eigenvalue weighted by molar-refractivity contribution is 5.80. The second-order valence-electron chi connectivity index (χ2n) is 5.71. The molecule has 0 aliphatic carbocycles. The Kier molecular flexibility index (Phi) is 5.41. The molecule has 1 unspecified atom stereocenters. The standard InChI is InChI=1S/C19H22N6/c1-15(17-6-4-3-5-7-17)24-19(20-2)22-12-16-8-10-18(11-9-16)25-14-21-13-23-25/h3-11,13-15H,12H2,1-2H3,(H2,20,22,24). The number of benzene rings is 2. The molecule has 1 atom stereocenters. The molecule has 0 fully saturated rings. The average molecular weight is 334 g/mol. The summed E-state index contributed by atoms with van der Waals surface area (Å²) < 4.78 is 1.74. The summed E-state index contributed by atoms with van der Waals surface area (Å²) in [5, 5.41) is 10.9. The van der Waals surface area contributed by atoms with Gasteiger partial charge in [0, 0.05) is 13.6 Å². The SMILES string of the molecule is CN=C(NCc1ccc(-n2cncn2)cc1)NC(C)c1ccccc1.